The lowest BCUT2D eigenvalue weighted by molar-refractivity contribution is 0.285. The summed E-state index contributed by atoms with van der Waals surface area (Å²) in [6.07, 6.45) is 1.89. The predicted molar refractivity (Wildman–Crippen MR) is 79.7 cm³/mol. The van der Waals surface area contributed by atoms with Crippen LogP contribution in [0.1, 0.15) is 31.6 Å². The molecule has 2 rings (SSSR count). The van der Waals surface area contributed by atoms with Gasteiger partial charge in [-0.2, -0.15) is 4.31 Å². The lowest BCUT2D eigenvalue weighted by Crippen LogP contribution is -2.36. The van der Waals surface area contributed by atoms with Crippen LogP contribution in [0.4, 0.5) is 0 Å². The van der Waals surface area contributed by atoms with Gasteiger partial charge in [-0.25, -0.2) is 8.42 Å². The fourth-order valence-corrected chi connectivity index (χ4v) is 6.29. The summed E-state index contributed by atoms with van der Waals surface area (Å²) < 4.78 is 27.6. The van der Waals surface area contributed by atoms with E-state index < -0.39 is 10.0 Å². The van der Waals surface area contributed by atoms with E-state index in [0.717, 1.165) is 12.8 Å². The van der Waals surface area contributed by atoms with Crippen LogP contribution in [0, 0.1) is 5.92 Å². The summed E-state index contributed by atoms with van der Waals surface area (Å²) in [6.45, 7) is 4.45. The van der Waals surface area contributed by atoms with Crippen molar-refractivity contribution in [3.05, 3.63) is 14.7 Å². The van der Waals surface area contributed by atoms with Crippen LogP contribution in [0.15, 0.2) is 14.7 Å². The van der Waals surface area contributed by atoms with Crippen LogP contribution in [-0.4, -0.2) is 30.4 Å². The van der Waals surface area contributed by atoms with Gasteiger partial charge in [-0.1, -0.05) is 13.8 Å². The molecule has 108 valence electrons. The first kappa shape index (κ1) is 15.4. The normalized spacial score (nSPS) is 16.5. The van der Waals surface area contributed by atoms with E-state index in [-0.39, 0.29) is 17.5 Å². The Bertz CT molecular complexity index is 549. The van der Waals surface area contributed by atoms with E-state index in [1.54, 1.807) is 10.4 Å². The summed E-state index contributed by atoms with van der Waals surface area (Å²) in [7, 11) is -3.47. The van der Waals surface area contributed by atoms with E-state index in [4.69, 9.17) is 5.11 Å². The zero-order valence-corrected chi connectivity index (χ0v) is 14.2. The van der Waals surface area contributed by atoms with Crippen molar-refractivity contribution in [1.82, 2.24) is 4.31 Å². The molecule has 1 saturated carbocycles. The second-order valence-corrected chi connectivity index (χ2v) is 9.52. The average Bonchev–Trinajstić information content (AvgIpc) is 3.08. The Balaban J connectivity index is 2.35. The van der Waals surface area contributed by atoms with Crippen LogP contribution in [0.25, 0.3) is 0 Å². The number of thiophene rings is 1. The quantitative estimate of drug-likeness (QED) is 0.840. The number of aliphatic hydroxyl groups is 1. The molecule has 1 aliphatic rings. The van der Waals surface area contributed by atoms with Crippen molar-refractivity contribution in [3.63, 3.8) is 0 Å². The van der Waals surface area contributed by atoms with Gasteiger partial charge in [0.2, 0.25) is 10.0 Å². The molecule has 1 aromatic rings. The van der Waals surface area contributed by atoms with Gasteiger partial charge >= 0.3 is 0 Å². The lowest BCUT2D eigenvalue weighted by atomic mass is 10.2. The van der Waals surface area contributed by atoms with Crippen molar-refractivity contribution in [3.8, 4) is 0 Å². The molecule has 0 amide bonds. The predicted octanol–water partition coefficient (Wildman–Crippen LogP) is 2.81. The maximum absolute atomic E-state index is 12.7. The molecule has 1 fully saturated rings. The fourth-order valence-electron chi connectivity index (χ4n) is 1.94. The first-order valence-corrected chi connectivity index (χ1v) is 9.32. The Morgan fingerprint density at radius 1 is 1.53 bits per heavy atom. The van der Waals surface area contributed by atoms with Gasteiger partial charge in [-0.15, -0.1) is 11.3 Å². The molecule has 1 heterocycles. The minimum atomic E-state index is -3.47. The van der Waals surface area contributed by atoms with Crippen LogP contribution in [0.5, 0.6) is 0 Å². The topological polar surface area (TPSA) is 57.6 Å². The van der Waals surface area contributed by atoms with Gasteiger partial charge in [0.15, 0.2) is 0 Å². The van der Waals surface area contributed by atoms with Crippen molar-refractivity contribution < 1.29 is 13.5 Å². The summed E-state index contributed by atoms with van der Waals surface area (Å²) in [5.41, 5.74) is 0. The van der Waals surface area contributed by atoms with Gasteiger partial charge in [0.25, 0.3) is 0 Å². The van der Waals surface area contributed by atoms with E-state index >= 15 is 0 Å². The Hall–Kier alpha value is 0.0500. The third-order valence-corrected chi connectivity index (χ3v) is 7.10. The number of rotatable bonds is 6. The molecule has 1 N–H and O–H groups in total. The third-order valence-electron chi connectivity index (χ3n) is 2.95. The van der Waals surface area contributed by atoms with Crippen molar-refractivity contribution in [2.45, 2.75) is 44.2 Å². The van der Waals surface area contributed by atoms with Crippen LogP contribution in [-0.2, 0) is 16.6 Å². The third kappa shape index (κ3) is 3.39. The Kier molecular flexibility index (Phi) is 4.72. The van der Waals surface area contributed by atoms with E-state index in [1.807, 2.05) is 13.8 Å². The summed E-state index contributed by atoms with van der Waals surface area (Å²) in [5, 5.41) is 9.13. The molecule has 7 heteroatoms. The molecule has 0 aromatic carbocycles. The highest BCUT2D eigenvalue weighted by Crippen LogP contribution is 2.38. The first-order valence-electron chi connectivity index (χ1n) is 6.27. The molecule has 19 heavy (non-hydrogen) atoms. The van der Waals surface area contributed by atoms with Crippen LogP contribution in [0.2, 0.25) is 0 Å². The minimum Gasteiger partial charge on any atom is -0.391 e. The van der Waals surface area contributed by atoms with Gasteiger partial charge < -0.3 is 5.11 Å². The Labute approximate surface area is 126 Å². The minimum absolute atomic E-state index is 0.133. The zero-order valence-electron chi connectivity index (χ0n) is 11.0. The van der Waals surface area contributed by atoms with E-state index in [2.05, 4.69) is 15.9 Å². The molecule has 0 spiro atoms. The molecule has 0 atom stereocenters. The van der Waals surface area contributed by atoms with E-state index in [1.165, 1.54) is 11.3 Å². The summed E-state index contributed by atoms with van der Waals surface area (Å²) in [6, 6.07) is 1.72. The highest BCUT2D eigenvalue weighted by atomic mass is 79.9. The zero-order chi connectivity index (χ0) is 14.2. The highest BCUT2D eigenvalue weighted by molar-refractivity contribution is 9.11. The van der Waals surface area contributed by atoms with E-state index in [0.29, 0.717) is 21.1 Å². The smallest absolute Gasteiger partial charge is 0.245 e. The van der Waals surface area contributed by atoms with Crippen LogP contribution in [0.3, 0.4) is 0 Å². The maximum atomic E-state index is 12.7. The van der Waals surface area contributed by atoms with Gasteiger partial charge in [0.05, 0.1) is 10.4 Å². The number of sulfonamides is 1. The largest absolute Gasteiger partial charge is 0.391 e. The van der Waals surface area contributed by atoms with Crippen molar-refractivity contribution in [2.75, 3.05) is 6.54 Å². The number of aliphatic hydroxyl groups excluding tert-OH is 1. The molecular formula is C12H18BrNO3S2. The summed E-state index contributed by atoms with van der Waals surface area (Å²) in [5.74, 6) is 0.296. The molecule has 1 aliphatic carbocycles. The van der Waals surface area contributed by atoms with Crippen LogP contribution >= 0.6 is 27.3 Å². The standard InChI is InChI=1S/C12H18BrNO3S2/c1-8(2)6-14(9-3-4-9)19(16,17)11-5-10(7-15)18-12(11)13/h5,8-9,15H,3-4,6-7H2,1-2H3. The molecule has 0 unspecified atom stereocenters. The van der Waals surface area contributed by atoms with Gasteiger partial charge in [-0.05, 0) is 40.8 Å². The number of nitrogens with zero attached hydrogens (tertiary/aromatic N) is 1. The monoisotopic (exact) mass is 367 g/mol. The van der Waals surface area contributed by atoms with Crippen LogP contribution < -0.4 is 0 Å². The molecule has 0 bridgehead atoms. The second kappa shape index (κ2) is 5.81. The summed E-state index contributed by atoms with van der Waals surface area (Å²) in [4.78, 5) is 0.944. The SMILES string of the molecule is CC(C)CN(C1CC1)S(=O)(=O)c1cc(CO)sc1Br. The molecule has 4 nitrogen and oxygen atoms in total. The average molecular weight is 368 g/mol. The number of hydrogen-bond acceptors (Lipinski definition) is 4. The molecule has 0 aliphatic heterocycles. The molecule has 0 radical (unpaired) electrons. The van der Waals surface area contributed by atoms with Gasteiger partial charge in [0, 0.05) is 17.5 Å². The Morgan fingerprint density at radius 2 is 2.16 bits per heavy atom. The van der Waals surface area contributed by atoms with Crippen molar-refractivity contribution in [1.29, 1.82) is 0 Å². The van der Waals surface area contributed by atoms with Gasteiger partial charge in [-0.3, -0.25) is 0 Å². The lowest BCUT2D eigenvalue weighted by Gasteiger charge is -2.23. The number of halogens is 1. The molecular weight excluding hydrogens is 350 g/mol. The fraction of sp³-hybridized carbons (Fsp3) is 0.667. The molecule has 1 aromatic heterocycles. The van der Waals surface area contributed by atoms with E-state index in [9.17, 15) is 8.42 Å². The van der Waals surface area contributed by atoms with Crippen molar-refractivity contribution >= 4 is 37.3 Å². The van der Waals surface area contributed by atoms with Crippen molar-refractivity contribution in [2.24, 2.45) is 5.92 Å². The maximum Gasteiger partial charge on any atom is 0.245 e. The highest BCUT2D eigenvalue weighted by Gasteiger charge is 2.39. The first-order chi connectivity index (χ1) is 8.86. The number of hydrogen-bond donors (Lipinski definition) is 1. The van der Waals surface area contributed by atoms with Gasteiger partial charge in [0.1, 0.15) is 4.90 Å². The second-order valence-electron chi connectivity index (χ2n) is 5.21. The Morgan fingerprint density at radius 3 is 2.58 bits per heavy atom. The molecule has 0 saturated heterocycles. The summed E-state index contributed by atoms with van der Waals surface area (Å²) >= 11 is 4.57.